The summed E-state index contributed by atoms with van der Waals surface area (Å²) in [4.78, 5) is 2.50. The minimum atomic E-state index is -0.489. The quantitative estimate of drug-likeness (QED) is 0.147. The number of aromatic nitrogens is 1. The van der Waals surface area contributed by atoms with Crippen molar-refractivity contribution in [1.82, 2.24) is 4.57 Å². The summed E-state index contributed by atoms with van der Waals surface area (Å²) in [7, 11) is 0. The van der Waals surface area contributed by atoms with Gasteiger partial charge in [-0.1, -0.05) is 244 Å². The van der Waals surface area contributed by atoms with Gasteiger partial charge in [-0.25, -0.2) is 0 Å². The van der Waals surface area contributed by atoms with E-state index < -0.39 is 5.41 Å². The van der Waals surface area contributed by atoms with Crippen LogP contribution >= 0.6 is 0 Å². The predicted octanol–water partition coefficient (Wildman–Crippen LogP) is 19.9. The second-order valence-electron chi connectivity index (χ2n) is 21.5. The van der Waals surface area contributed by atoms with Crippen LogP contribution in [0.15, 0.2) is 291 Å². The average Bonchev–Trinajstić information content (AvgIpc) is 4.09. The Morgan fingerprint density at radius 1 is 0.282 bits per heavy atom. The zero-order valence-corrected chi connectivity index (χ0v) is 43.6. The molecule has 78 heavy (non-hydrogen) atoms. The van der Waals surface area contributed by atoms with Gasteiger partial charge in [0.2, 0.25) is 0 Å². The van der Waals surface area contributed by atoms with E-state index >= 15 is 0 Å². The molecule has 0 radical (unpaired) electrons. The third-order valence-electron chi connectivity index (χ3n) is 17.1. The van der Waals surface area contributed by atoms with Crippen LogP contribution in [0.2, 0.25) is 0 Å². The second-order valence-corrected chi connectivity index (χ2v) is 21.5. The van der Waals surface area contributed by atoms with E-state index in [9.17, 15) is 0 Å². The predicted molar refractivity (Wildman–Crippen MR) is 327 cm³/mol. The highest BCUT2D eigenvalue weighted by Crippen LogP contribution is 2.63. The molecule has 0 saturated carbocycles. The van der Waals surface area contributed by atoms with E-state index in [1.165, 1.54) is 99.7 Å². The molecule has 1 heterocycles. The van der Waals surface area contributed by atoms with Crippen molar-refractivity contribution < 1.29 is 0 Å². The summed E-state index contributed by atoms with van der Waals surface area (Å²) in [6.45, 7) is 4.79. The van der Waals surface area contributed by atoms with Gasteiger partial charge in [-0.2, -0.15) is 0 Å². The lowest BCUT2D eigenvalue weighted by molar-refractivity contribution is 0.563. The van der Waals surface area contributed by atoms with Crippen LogP contribution in [0.5, 0.6) is 0 Å². The van der Waals surface area contributed by atoms with Crippen LogP contribution in [0.3, 0.4) is 0 Å². The number of nitrogens with zero attached hydrogens (tertiary/aromatic N) is 2. The third kappa shape index (κ3) is 6.83. The van der Waals surface area contributed by atoms with Gasteiger partial charge in [-0.3, -0.25) is 0 Å². The Labute approximate surface area is 456 Å². The van der Waals surface area contributed by atoms with Crippen LogP contribution in [-0.2, 0) is 10.8 Å². The molecule has 15 rings (SSSR count). The summed E-state index contributed by atoms with van der Waals surface area (Å²) in [6.07, 6.45) is 0. The van der Waals surface area contributed by atoms with Gasteiger partial charge in [-0.15, -0.1) is 0 Å². The van der Waals surface area contributed by atoms with Crippen LogP contribution < -0.4 is 4.90 Å². The monoisotopic (exact) mass is 994 g/mol. The minimum Gasteiger partial charge on any atom is -0.310 e. The van der Waals surface area contributed by atoms with E-state index in [0.717, 1.165) is 33.9 Å². The van der Waals surface area contributed by atoms with Gasteiger partial charge in [0.15, 0.2) is 0 Å². The Kier molecular flexibility index (Phi) is 10.5. The van der Waals surface area contributed by atoms with Crippen molar-refractivity contribution in [2.24, 2.45) is 0 Å². The molecule has 0 saturated heterocycles. The SMILES string of the molecule is CC1(C)c2ccccc2C2(c3ccccc3-c3cc(N(c4ccc(-c5ccc6c(c5)c5ccccc5n6-c5ccccc5)cc4)c4ccccc4-c4ccccc4-c4ccccc4-c4ccccc4)ccc32)c2ccccc21. The molecule has 2 aliphatic rings. The topological polar surface area (TPSA) is 8.17 Å². The lowest BCUT2D eigenvalue weighted by Gasteiger charge is -2.46. The number of anilines is 3. The first kappa shape index (κ1) is 45.6. The summed E-state index contributed by atoms with van der Waals surface area (Å²) in [5, 5.41) is 2.48. The van der Waals surface area contributed by atoms with Gasteiger partial charge in [0.05, 0.1) is 22.1 Å². The van der Waals surface area contributed by atoms with E-state index in [1.54, 1.807) is 0 Å². The van der Waals surface area contributed by atoms with Gasteiger partial charge in [-0.05, 0) is 144 Å². The van der Waals surface area contributed by atoms with E-state index in [2.05, 4.69) is 315 Å². The average molecular weight is 995 g/mol. The molecule has 0 amide bonds. The Bertz CT molecular complexity index is 4410. The molecule has 0 aliphatic heterocycles. The fourth-order valence-corrected chi connectivity index (χ4v) is 13.7. The summed E-state index contributed by atoms with van der Waals surface area (Å²) in [5.74, 6) is 0. The normalized spacial score (nSPS) is 13.5. The highest BCUT2D eigenvalue weighted by atomic mass is 15.1. The first-order valence-electron chi connectivity index (χ1n) is 27.3. The van der Waals surface area contributed by atoms with Crippen LogP contribution in [0.4, 0.5) is 17.1 Å². The van der Waals surface area contributed by atoms with E-state index in [0.29, 0.717) is 0 Å². The molecular weight excluding hydrogens is 941 g/mol. The maximum absolute atomic E-state index is 2.50. The molecular formula is C76H54N2. The number of hydrogen-bond donors (Lipinski definition) is 0. The molecule has 2 nitrogen and oxygen atoms in total. The second kappa shape index (κ2) is 17.9. The van der Waals surface area contributed by atoms with Crippen LogP contribution in [-0.4, -0.2) is 4.57 Å². The number of hydrogen-bond acceptors (Lipinski definition) is 1. The Balaban J connectivity index is 0.931. The molecule has 368 valence electrons. The molecule has 2 heteroatoms. The van der Waals surface area contributed by atoms with Gasteiger partial charge in [0.25, 0.3) is 0 Å². The van der Waals surface area contributed by atoms with Crippen molar-refractivity contribution in [1.29, 1.82) is 0 Å². The third-order valence-corrected chi connectivity index (χ3v) is 17.1. The Hall–Kier alpha value is -9.76. The zero-order valence-electron chi connectivity index (χ0n) is 43.6. The first-order chi connectivity index (χ1) is 38.5. The number of para-hydroxylation sites is 3. The Morgan fingerprint density at radius 2 is 0.756 bits per heavy atom. The summed E-state index contributed by atoms with van der Waals surface area (Å²) >= 11 is 0. The maximum atomic E-state index is 2.50. The lowest BCUT2D eigenvalue weighted by atomic mass is 9.55. The van der Waals surface area contributed by atoms with Crippen molar-refractivity contribution in [3.05, 3.63) is 325 Å². The van der Waals surface area contributed by atoms with E-state index in [-0.39, 0.29) is 5.41 Å². The highest BCUT2D eigenvalue weighted by molar-refractivity contribution is 6.10. The minimum absolute atomic E-state index is 0.173. The summed E-state index contributed by atoms with van der Waals surface area (Å²) in [5.41, 5.74) is 26.3. The molecule has 13 aromatic rings. The van der Waals surface area contributed by atoms with Crippen molar-refractivity contribution in [3.63, 3.8) is 0 Å². The van der Waals surface area contributed by atoms with Gasteiger partial charge in [0, 0.05) is 38.8 Å². The number of benzene rings is 12. The smallest absolute Gasteiger partial charge is 0.0719 e. The Morgan fingerprint density at radius 3 is 1.45 bits per heavy atom. The van der Waals surface area contributed by atoms with Crippen molar-refractivity contribution >= 4 is 38.9 Å². The van der Waals surface area contributed by atoms with Crippen molar-refractivity contribution in [2.75, 3.05) is 4.90 Å². The molecule has 0 unspecified atom stereocenters. The summed E-state index contributed by atoms with van der Waals surface area (Å²) in [6, 6.07) is 108. The van der Waals surface area contributed by atoms with Gasteiger partial charge >= 0.3 is 0 Å². The van der Waals surface area contributed by atoms with E-state index in [1.807, 2.05) is 0 Å². The highest BCUT2D eigenvalue weighted by Gasteiger charge is 2.53. The molecule has 0 bridgehead atoms. The van der Waals surface area contributed by atoms with Crippen LogP contribution in [0.25, 0.3) is 83.1 Å². The van der Waals surface area contributed by atoms with Gasteiger partial charge < -0.3 is 9.47 Å². The molecule has 1 spiro atoms. The zero-order chi connectivity index (χ0) is 52.0. The fraction of sp³-hybridized carbons (Fsp3) is 0.0526. The van der Waals surface area contributed by atoms with Crippen molar-refractivity contribution in [2.45, 2.75) is 24.7 Å². The summed E-state index contributed by atoms with van der Waals surface area (Å²) < 4.78 is 2.38. The molecule has 1 aromatic heterocycles. The molecule has 0 atom stereocenters. The van der Waals surface area contributed by atoms with Crippen molar-refractivity contribution in [3.8, 4) is 61.3 Å². The number of rotatable bonds is 8. The largest absolute Gasteiger partial charge is 0.310 e. The lowest BCUT2D eigenvalue weighted by Crippen LogP contribution is -2.40. The molecule has 0 N–H and O–H groups in total. The van der Waals surface area contributed by atoms with Gasteiger partial charge in [0.1, 0.15) is 0 Å². The van der Waals surface area contributed by atoms with E-state index in [4.69, 9.17) is 0 Å². The maximum Gasteiger partial charge on any atom is 0.0719 e. The van der Waals surface area contributed by atoms with Crippen LogP contribution in [0, 0.1) is 0 Å². The molecule has 2 aliphatic carbocycles. The first-order valence-corrected chi connectivity index (χ1v) is 27.3. The molecule has 12 aromatic carbocycles. The standard InChI is InChI=1S/C76H54N2/c1-75(2)68-35-17-19-37-70(68)76(71-38-20-18-36-69(71)75)66-34-16-13-31-61(66)64-50-56(46-47-67(64)76)77(72-39-21-14-32-62(72)60-30-12-11-29-59(60)58-28-10-9-27-57(58)52-23-5-3-6-24-52)55-44-41-51(42-45-55)53-43-48-74-65(49-53)63-33-15-22-40-73(63)78(74)54-25-7-4-8-26-54/h3-50H,1-2H3. The fourth-order valence-electron chi connectivity index (χ4n) is 13.7. The molecule has 0 fully saturated rings. The van der Waals surface area contributed by atoms with Crippen LogP contribution in [0.1, 0.15) is 47.2 Å². The number of fused-ring (bicyclic) bond motifs is 12.